The Morgan fingerprint density at radius 3 is 1.81 bits per heavy atom. The lowest BCUT2D eigenvalue weighted by molar-refractivity contribution is -0.158. The highest BCUT2D eigenvalue weighted by atomic mass is 79.9. The van der Waals surface area contributed by atoms with E-state index in [1.54, 1.807) is 45.0 Å². The third-order valence-electron chi connectivity index (χ3n) is 3.06. The van der Waals surface area contributed by atoms with Gasteiger partial charge in [0.25, 0.3) is 0 Å². The number of benzene rings is 1. The molecule has 4 heteroatoms. The first-order chi connectivity index (χ1) is 9.39. The van der Waals surface area contributed by atoms with Gasteiger partial charge in [-0.1, -0.05) is 67.0 Å². The number of hydrogen-bond donors (Lipinski definition) is 0. The van der Waals surface area contributed by atoms with Gasteiger partial charge in [-0.25, -0.2) is 4.79 Å². The van der Waals surface area contributed by atoms with E-state index in [2.05, 4.69) is 15.9 Å². The van der Waals surface area contributed by atoms with Crippen LogP contribution in [-0.4, -0.2) is 21.7 Å². The average Bonchev–Trinajstić information content (AvgIpc) is 2.34. The topological polar surface area (TPSA) is 43.4 Å². The number of rotatable bonds is 3. The molecule has 0 aliphatic rings. The first-order valence-corrected chi connectivity index (χ1v) is 7.71. The first kappa shape index (κ1) is 17.9. The molecule has 0 aromatic heterocycles. The van der Waals surface area contributed by atoms with Crippen molar-refractivity contribution in [2.45, 2.75) is 51.5 Å². The van der Waals surface area contributed by atoms with Gasteiger partial charge in [-0.2, -0.15) is 0 Å². The summed E-state index contributed by atoms with van der Waals surface area (Å²) in [6.45, 7) is 10.9. The Labute approximate surface area is 135 Å². The first-order valence-electron chi connectivity index (χ1n) is 6.92. The number of hydrogen-bond acceptors (Lipinski definition) is 3. The standard InChI is InChI=1S/C17H23BrO3/c1-15(2,3)17(18,14(20)21-16(4,5)6)13(19)12-10-8-7-9-11-12/h7-11H,1-6H3. The Kier molecular flexibility index (Phi) is 5.04. The number of carbonyl (C=O) groups is 2. The number of carbonyl (C=O) groups excluding carboxylic acids is 2. The van der Waals surface area contributed by atoms with Crippen molar-refractivity contribution in [2.24, 2.45) is 5.41 Å². The smallest absolute Gasteiger partial charge is 0.332 e. The molecule has 0 radical (unpaired) electrons. The summed E-state index contributed by atoms with van der Waals surface area (Å²) in [5.41, 5.74) is -0.809. The van der Waals surface area contributed by atoms with Gasteiger partial charge in [0.05, 0.1) is 0 Å². The fourth-order valence-electron chi connectivity index (χ4n) is 1.88. The molecule has 0 saturated carbocycles. The van der Waals surface area contributed by atoms with Gasteiger partial charge in [0.2, 0.25) is 0 Å². The molecule has 21 heavy (non-hydrogen) atoms. The predicted molar refractivity (Wildman–Crippen MR) is 87.7 cm³/mol. The van der Waals surface area contributed by atoms with E-state index in [0.717, 1.165) is 0 Å². The highest BCUT2D eigenvalue weighted by Crippen LogP contribution is 2.42. The van der Waals surface area contributed by atoms with Crippen LogP contribution in [0.3, 0.4) is 0 Å². The number of halogens is 1. The zero-order valence-electron chi connectivity index (χ0n) is 13.5. The van der Waals surface area contributed by atoms with Crippen LogP contribution in [0.4, 0.5) is 0 Å². The minimum absolute atomic E-state index is 0.287. The Bertz CT molecular complexity index is 523. The molecule has 1 atom stereocenters. The second kappa shape index (κ2) is 5.91. The van der Waals surface area contributed by atoms with Gasteiger partial charge in [-0.05, 0) is 26.2 Å². The fraction of sp³-hybridized carbons (Fsp3) is 0.529. The molecule has 1 rings (SSSR count). The Hall–Kier alpha value is -1.16. The van der Waals surface area contributed by atoms with Gasteiger partial charge < -0.3 is 4.74 Å². The monoisotopic (exact) mass is 354 g/mol. The number of alkyl halides is 1. The van der Waals surface area contributed by atoms with Gasteiger partial charge >= 0.3 is 5.97 Å². The van der Waals surface area contributed by atoms with Crippen molar-refractivity contribution in [1.82, 2.24) is 0 Å². The number of ketones is 1. The summed E-state index contributed by atoms with van der Waals surface area (Å²) >= 11 is 3.40. The summed E-state index contributed by atoms with van der Waals surface area (Å²) in [5, 5.41) is 0. The summed E-state index contributed by atoms with van der Waals surface area (Å²) in [5.74, 6) is -0.846. The van der Waals surface area contributed by atoms with Gasteiger partial charge in [0, 0.05) is 5.56 Å². The molecule has 0 amide bonds. The molecule has 0 spiro atoms. The average molecular weight is 355 g/mol. The van der Waals surface area contributed by atoms with E-state index in [0.29, 0.717) is 5.56 Å². The molecule has 0 saturated heterocycles. The van der Waals surface area contributed by atoms with Crippen molar-refractivity contribution in [3.05, 3.63) is 35.9 Å². The third-order valence-corrected chi connectivity index (χ3v) is 4.94. The van der Waals surface area contributed by atoms with Gasteiger partial charge in [-0.3, -0.25) is 4.79 Å². The summed E-state index contributed by atoms with van der Waals surface area (Å²) in [7, 11) is 0. The number of ether oxygens (including phenoxy) is 1. The van der Waals surface area contributed by atoms with Crippen LogP contribution in [0.15, 0.2) is 30.3 Å². The van der Waals surface area contributed by atoms with Crippen molar-refractivity contribution in [3.63, 3.8) is 0 Å². The zero-order chi connectivity index (χ0) is 16.5. The Balaban J connectivity index is 3.29. The van der Waals surface area contributed by atoms with Crippen molar-refractivity contribution < 1.29 is 14.3 Å². The minimum Gasteiger partial charge on any atom is -0.459 e. The Morgan fingerprint density at radius 1 is 0.952 bits per heavy atom. The lowest BCUT2D eigenvalue weighted by Crippen LogP contribution is -2.53. The van der Waals surface area contributed by atoms with Crippen molar-refractivity contribution in [2.75, 3.05) is 0 Å². The van der Waals surface area contributed by atoms with E-state index in [1.165, 1.54) is 0 Å². The van der Waals surface area contributed by atoms with E-state index >= 15 is 0 Å². The van der Waals surface area contributed by atoms with Crippen molar-refractivity contribution >= 4 is 27.7 Å². The number of esters is 1. The van der Waals surface area contributed by atoms with Crippen LogP contribution in [0.5, 0.6) is 0 Å². The van der Waals surface area contributed by atoms with E-state index in [4.69, 9.17) is 4.74 Å². The van der Waals surface area contributed by atoms with E-state index in [9.17, 15) is 9.59 Å². The normalized spacial score (nSPS) is 15.2. The third kappa shape index (κ3) is 3.94. The SMILES string of the molecule is CC(C)(C)OC(=O)C(Br)(C(=O)c1ccccc1)C(C)(C)C. The molecular formula is C17H23BrO3. The molecule has 0 aliphatic carbocycles. The maximum atomic E-state index is 12.9. The molecule has 0 N–H and O–H groups in total. The van der Waals surface area contributed by atoms with E-state index in [1.807, 2.05) is 26.8 Å². The molecule has 3 nitrogen and oxygen atoms in total. The van der Waals surface area contributed by atoms with Crippen LogP contribution >= 0.6 is 15.9 Å². The molecule has 0 fully saturated rings. The summed E-state index contributed by atoms with van der Waals surface area (Å²) in [6, 6.07) is 8.79. The van der Waals surface area contributed by atoms with E-state index < -0.39 is 21.3 Å². The molecule has 0 aliphatic heterocycles. The minimum atomic E-state index is -1.42. The second-order valence-electron chi connectivity index (χ2n) is 7.11. The second-order valence-corrected chi connectivity index (χ2v) is 8.30. The van der Waals surface area contributed by atoms with Crippen molar-refractivity contribution in [3.8, 4) is 0 Å². The maximum absolute atomic E-state index is 12.9. The molecular weight excluding hydrogens is 332 g/mol. The lowest BCUT2D eigenvalue weighted by atomic mass is 9.76. The molecule has 1 aromatic rings. The molecule has 0 bridgehead atoms. The Morgan fingerprint density at radius 2 is 1.43 bits per heavy atom. The summed E-state index contributed by atoms with van der Waals surface area (Å²) in [4.78, 5) is 25.5. The highest BCUT2D eigenvalue weighted by molar-refractivity contribution is 9.10. The van der Waals surface area contributed by atoms with E-state index in [-0.39, 0.29) is 5.78 Å². The number of Topliss-reactive ketones (excluding diaryl/α,β-unsaturated/α-hetero) is 1. The van der Waals surface area contributed by atoms with Crippen LogP contribution in [-0.2, 0) is 9.53 Å². The zero-order valence-corrected chi connectivity index (χ0v) is 15.1. The van der Waals surface area contributed by atoms with Crippen LogP contribution in [0.2, 0.25) is 0 Å². The van der Waals surface area contributed by atoms with Gasteiger partial charge in [0.15, 0.2) is 10.1 Å². The molecule has 0 heterocycles. The lowest BCUT2D eigenvalue weighted by Gasteiger charge is -2.38. The molecule has 116 valence electrons. The largest absolute Gasteiger partial charge is 0.459 e. The summed E-state index contributed by atoms with van der Waals surface area (Å²) < 4.78 is 4.04. The highest BCUT2D eigenvalue weighted by Gasteiger charge is 2.55. The predicted octanol–water partition coefficient (Wildman–Crippen LogP) is 4.39. The van der Waals surface area contributed by atoms with Gasteiger partial charge in [-0.15, -0.1) is 0 Å². The van der Waals surface area contributed by atoms with Crippen LogP contribution in [0, 0.1) is 5.41 Å². The molecule has 1 unspecified atom stereocenters. The van der Waals surface area contributed by atoms with Gasteiger partial charge in [0.1, 0.15) is 5.60 Å². The summed E-state index contributed by atoms with van der Waals surface area (Å²) in [6.07, 6.45) is 0. The quantitative estimate of drug-likeness (QED) is 0.350. The van der Waals surface area contributed by atoms with Crippen LogP contribution in [0.25, 0.3) is 0 Å². The van der Waals surface area contributed by atoms with Crippen molar-refractivity contribution in [1.29, 1.82) is 0 Å². The maximum Gasteiger partial charge on any atom is 0.332 e. The van der Waals surface area contributed by atoms with Crippen LogP contribution < -0.4 is 0 Å². The van der Waals surface area contributed by atoms with Crippen LogP contribution in [0.1, 0.15) is 51.9 Å². The fourth-order valence-corrected chi connectivity index (χ4v) is 2.19. The molecule has 1 aromatic carbocycles.